The van der Waals surface area contributed by atoms with Crippen LogP contribution < -0.4 is 15.0 Å². The number of rotatable bonds is 6. The molecule has 0 aliphatic heterocycles. The van der Waals surface area contributed by atoms with Crippen molar-refractivity contribution in [3.63, 3.8) is 0 Å². The highest BCUT2D eigenvalue weighted by Crippen LogP contribution is 2.19. The predicted molar refractivity (Wildman–Crippen MR) is 102 cm³/mol. The van der Waals surface area contributed by atoms with Gasteiger partial charge in [0.1, 0.15) is 12.4 Å². The molecule has 128 valence electrons. The number of anilines is 2. The molecule has 25 heavy (non-hydrogen) atoms. The molecule has 0 saturated heterocycles. The molecule has 0 saturated carbocycles. The average Bonchev–Trinajstić information content (AvgIpc) is 3.08. The monoisotopic (exact) mass is 353 g/mol. The first-order chi connectivity index (χ1) is 12.1. The number of hydrogen-bond donors (Lipinski definition) is 1. The molecule has 6 heteroatoms. The first-order valence-corrected chi connectivity index (χ1v) is 8.71. The summed E-state index contributed by atoms with van der Waals surface area (Å²) in [4.78, 5) is 18.7. The lowest BCUT2D eigenvalue weighted by atomic mass is 10.2. The number of ether oxygens (including phenoxy) is 1. The highest BCUT2D eigenvalue weighted by atomic mass is 32.1. The number of carbonyl (C=O) groups is 1. The summed E-state index contributed by atoms with van der Waals surface area (Å²) in [6.45, 7) is 0.369. The standard InChI is InChI=1S/C19H19N3O2S/c1-22(2)16-10-8-14(9-11-16)18(23)21-19-20-15(13-25-19)12-24-17-6-4-3-5-7-17/h3-11,13H,12H2,1-2H3,(H,20,21,23). The topological polar surface area (TPSA) is 54.5 Å². The van der Waals surface area contributed by atoms with Crippen molar-refractivity contribution >= 4 is 28.1 Å². The Bertz CT molecular complexity index is 829. The van der Waals surface area contributed by atoms with Crippen LogP contribution in [0.5, 0.6) is 5.75 Å². The number of amides is 1. The SMILES string of the molecule is CN(C)c1ccc(C(=O)Nc2nc(COc3ccccc3)cs2)cc1. The maximum Gasteiger partial charge on any atom is 0.257 e. The number of carbonyl (C=O) groups excluding carboxylic acids is 1. The van der Waals surface area contributed by atoms with Crippen molar-refractivity contribution in [2.24, 2.45) is 0 Å². The molecule has 0 aliphatic carbocycles. The summed E-state index contributed by atoms with van der Waals surface area (Å²) in [5.74, 6) is 0.622. The predicted octanol–water partition coefficient (Wildman–Crippen LogP) is 4.04. The molecule has 0 spiro atoms. The van der Waals surface area contributed by atoms with Gasteiger partial charge in [-0.2, -0.15) is 0 Å². The molecule has 1 aromatic heterocycles. The maximum atomic E-state index is 12.3. The second kappa shape index (κ2) is 7.81. The van der Waals surface area contributed by atoms with Gasteiger partial charge in [0.25, 0.3) is 5.91 Å². The zero-order valence-corrected chi connectivity index (χ0v) is 14.9. The lowest BCUT2D eigenvalue weighted by Gasteiger charge is -2.12. The number of para-hydroxylation sites is 1. The number of nitrogens with zero attached hydrogens (tertiary/aromatic N) is 2. The number of aromatic nitrogens is 1. The second-order valence-corrected chi connectivity index (χ2v) is 6.50. The molecule has 3 rings (SSSR count). The van der Waals surface area contributed by atoms with Crippen LogP contribution in [-0.4, -0.2) is 25.0 Å². The van der Waals surface area contributed by atoms with Crippen molar-refractivity contribution in [3.8, 4) is 5.75 Å². The smallest absolute Gasteiger partial charge is 0.257 e. The van der Waals surface area contributed by atoms with E-state index in [0.717, 1.165) is 17.1 Å². The quantitative estimate of drug-likeness (QED) is 0.727. The molecule has 0 radical (unpaired) electrons. The Hall–Kier alpha value is -2.86. The number of benzene rings is 2. The van der Waals surface area contributed by atoms with Crippen LogP contribution in [0.3, 0.4) is 0 Å². The first-order valence-electron chi connectivity index (χ1n) is 7.83. The Morgan fingerprint density at radius 2 is 1.84 bits per heavy atom. The number of hydrogen-bond acceptors (Lipinski definition) is 5. The van der Waals surface area contributed by atoms with Gasteiger partial charge in [-0.3, -0.25) is 10.1 Å². The molecular formula is C19H19N3O2S. The van der Waals surface area contributed by atoms with Gasteiger partial charge in [0.15, 0.2) is 5.13 Å². The summed E-state index contributed by atoms with van der Waals surface area (Å²) in [5.41, 5.74) is 2.43. The van der Waals surface area contributed by atoms with Gasteiger partial charge in [0.05, 0.1) is 5.69 Å². The van der Waals surface area contributed by atoms with Crippen molar-refractivity contribution in [1.82, 2.24) is 4.98 Å². The first kappa shape index (κ1) is 17.0. The third-order valence-electron chi connectivity index (χ3n) is 3.55. The van der Waals surface area contributed by atoms with Gasteiger partial charge in [-0.05, 0) is 36.4 Å². The molecule has 0 aliphatic rings. The molecule has 2 aromatic carbocycles. The summed E-state index contributed by atoms with van der Waals surface area (Å²) in [5, 5.41) is 5.27. The molecular weight excluding hydrogens is 334 g/mol. The van der Waals surface area contributed by atoms with Crippen LogP contribution in [0.2, 0.25) is 0 Å². The number of thiazole rings is 1. The van der Waals surface area contributed by atoms with Crippen LogP contribution in [-0.2, 0) is 6.61 Å². The molecule has 0 unspecified atom stereocenters. The minimum Gasteiger partial charge on any atom is -0.487 e. The third kappa shape index (κ3) is 4.58. The van der Waals surface area contributed by atoms with Crippen molar-refractivity contribution in [1.29, 1.82) is 0 Å². The molecule has 1 amide bonds. The van der Waals surface area contributed by atoms with Crippen LogP contribution in [0.1, 0.15) is 16.1 Å². The van der Waals surface area contributed by atoms with Crippen LogP contribution in [0, 0.1) is 0 Å². The third-order valence-corrected chi connectivity index (χ3v) is 4.35. The minimum absolute atomic E-state index is 0.171. The van der Waals surface area contributed by atoms with Crippen molar-refractivity contribution < 1.29 is 9.53 Å². The van der Waals surface area contributed by atoms with E-state index >= 15 is 0 Å². The minimum atomic E-state index is -0.171. The van der Waals surface area contributed by atoms with Crippen LogP contribution in [0.15, 0.2) is 60.0 Å². The molecule has 1 heterocycles. The van der Waals surface area contributed by atoms with Gasteiger partial charge in [0.2, 0.25) is 0 Å². The van der Waals surface area contributed by atoms with E-state index in [-0.39, 0.29) is 5.91 Å². The largest absolute Gasteiger partial charge is 0.487 e. The molecule has 0 fully saturated rings. The van der Waals surface area contributed by atoms with Gasteiger partial charge in [0, 0.05) is 30.7 Å². The van der Waals surface area contributed by atoms with E-state index in [1.807, 2.05) is 66.8 Å². The molecule has 1 N–H and O–H groups in total. The fourth-order valence-electron chi connectivity index (χ4n) is 2.18. The molecule has 3 aromatic rings. The fraction of sp³-hybridized carbons (Fsp3) is 0.158. The highest BCUT2D eigenvalue weighted by Gasteiger charge is 2.10. The number of nitrogens with one attached hydrogen (secondary N) is 1. The molecule has 0 bridgehead atoms. The van der Waals surface area contributed by atoms with E-state index in [1.54, 1.807) is 12.1 Å². The van der Waals surface area contributed by atoms with E-state index in [9.17, 15) is 4.79 Å². The Morgan fingerprint density at radius 3 is 2.52 bits per heavy atom. The lowest BCUT2D eigenvalue weighted by molar-refractivity contribution is 0.102. The normalized spacial score (nSPS) is 10.3. The van der Waals surface area contributed by atoms with Crippen molar-refractivity contribution in [3.05, 3.63) is 71.2 Å². The molecule has 5 nitrogen and oxygen atoms in total. The zero-order valence-electron chi connectivity index (χ0n) is 14.1. The Kier molecular flexibility index (Phi) is 5.30. The van der Waals surface area contributed by atoms with Crippen molar-refractivity contribution in [2.75, 3.05) is 24.3 Å². The Labute approximate surface area is 150 Å². The van der Waals surface area contributed by atoms with E-state index in [0.29, 0.717) is 17.3 Å². The molecule has 0 atom stereocenters. The summed E-state index contributed by atoms with van der Waals surface area (Å²) in [6.07, 6.45) is 0. The summed E-state index contributed by atoms with van der Waals surface area (Å²) >= 11 is 1.38. The highest BCUT2D eigenvalue weighted by molar-refractivity contribution is 7.13. The van der Waals surface area contributed by atoms with E-state index in [4.69, 9.17) is 4.74 Å². The van der Waals surface area contributed by atoms with Crippen molar-refractivity contribution in [2.45, 2.75) is 6.61 Å². The van der Waals surface area contributed by atoms with Gasteiger partial charge < -0.3 is 9.64 Å². The van der Waals surface area contributed by atoms with Gasteiger partial charge in [-0.25, -0.2) is 4.98 Å². The average molecular weight is 353 g/mol. The van der Waals surface area contributed by atoms with Gasteiger partial charge >= 0.3 is 0 Å². The summed E-state index contributed by atoms with van der Waals surface area (Å²) in [6, 6.07) is 17.0. The van der Waals surface area contributed by atoms with Crippen LogP contribution in [0.25, 0.3) is 0 Å². The van der Waals surface area contributed by atoms with Crippen LogP contribution >= 0.6 is 11.3 Å². The zero-order chi connectivity index (χ0) is 17.6. The Balaban J connectivity index is 1.58. The fourth-order valence-corrected chi connectivity index (χ4v) is 2.87. The van der Waals surface area contributed by atoms with E-state index in [1.165, 1.54) is 11.3 Å². The second-order valence-electron chi connectivity index (χ2n) is 5.64. The maximum absolute atomic E-state index is 12.3. The van der Waals surface area contributed by atoms with E-state index < -0.39 is 0 Å². The Morgan fingerprint density at radius 1 is 1.12 bits per heavy atom. The van der Waals surface area contributed by atoms with E-state index in [2.05, 4.69) is 10.3 Å². The van der Waals surface area contributed by atoms with Gasteiger partial charge in [-0.15, -0.1) is 11.3 Å². The summed E-state index contributed by atoms with van der Waals surface area (Å²) < 4.78 is 5.66. The van der Waals surface area contributed by atoms with Crippen LogP contribution in [0.4, 0.5) is 10.8 Å². The lowest BCUT2D eigenvalue weighted by Crippen LogP contribution is -2.13. The summed E-state index contributed by atoms with van der Waals surface area (Å²) in [7, 11) is 3.92. The van der Waals surface area contributed by atoms with Gasteiger partial charge in [-0.1, -0.05) is 18.2 Å².